The van der Waals surface area contributed by atoms with Crippen molar-refractivity contribution in [2.75, 3.05) is 9.80 Å². The van der Waals surface area contributed by atoms with Gasteiger partial charge in [0.1, 0.15) is 0 Å². The summed E-state index contributed by atoms with van der Waals surface area (Å²) in [6, 6.07) is 94.9. The van der Waals surface area contributed by atoms with Crippen LogP contribution in [0, 0.1) is 0 Å². The summed E-state index contributed by atoms with van der Waals surface area (Å²) < 4.78 is 0. The summed E-state index contributed by atoms with van der Waals surface area (Å²) in [7, 11) is 0. The number of anilines is 6. The highest BCUT2D eigenvalue weighted by Gasteiger charge is 2.39. The van der Waals surface area contributed by atoms with E-state index in [1.165, 1.54) is 100 Å². The Balaban J connectivity index is 0.769. The van der Waals surface area contributed by atoms with Crippen LogP contribution in [-0.2, 0) is 16.2 Å². The van der Waals surface area contributed by atoms with Crippen molar-refractivity contribution in [2.24, 2.45) is 0 Å². The van der Waals surface area contributed by atoms with E-state index < -0.39 is 0 Å². The first-order chi connectivity index (χ1) is 37.4. The first kappa shape index (κ1) is 46.5. The Kier molecular flexibility index (Phi) is 10.6. The SMILES string of the molecule is CC1(C)c2ccccc2-c2ccc(N(c3ccccc3)c3cccc(-c4ccc(-c5ccc(-c6cccc(N(c7ccc8c(c7)C(C)(C)c7ccccc7-8)c7ccc8c(c7)C(C)(C)c7ccccc7-8)c6)cc5)cc4)c3)cc21. The molecule has 2 heteroatoms. The summed E-state index contributed by atoms with van der Waals surface area (Å²) in [4.78, 5) is 4.87. The zero-order chi connectivity index (χ0) is 52.2. The van der Waals surface area contributed by atoms with Gasteiger partial charge in [-0.05, 0) is 173 Å². The highest BCUT2D eigenvalue weighted by molar-refractivity contribution is 5.90. The maximum absolute atomic E-state index is 2.47. The molecule has 11 aromatic carbocycles. The van der Waals surface area contributed by atoms with E-state index in [1.54, 1.807) is 0 Å². The van der Waals surface area contributed by atoms with Crippen molar-refractivity contribution in [3.8, 4) is 66.8 Å². The first-order valence-electron chi connectivity index (χ1n) is 27.2. The van der Waals surface area contributed by atoms with Crippen molar-refractivity contribution in [3.05, 3.63) is 288 Å². The van der Waals surface area contributed by atoms with E-state index in [4.69, 9.17) is 0 Å². The molecule has 0 radical (unpaired) electrons. The molecule has 11 aromatic rings. The maximum atomic E-state index is 2.47. The van der Waals surface area contributed by atoms with Crippen LogP contribution >= 0.6 is 0 Å². The Morgan fingerprint density at radius 2 is 0.468 bits per heavy atom. The third-order valence-corrected chi connectivity index (χ3v) is 17.5. The Bertz CT molecular complexity index is 4010. The fraction of sp³-hybridized carbons (Fsp3) is 0.120. The average molecular weight is 989 g/mol. The van der Waals surface area contributed by atoms with Crippen LogP contribution in [0.25, 0.3) is 66.8 Å². The molecule has 77 heavy (non-hydrogen) atoms. The maximum Gasteiger partial charge on any atom is 0.0467 e. The Morgan fingerprint density at radius 3 is 0.831 bits per heavy atom. The summed E-state index contributed by atoms with van der Waals surface area (Å²) in [5.41, 5.74) is 29.8. The number of fused-ring (bicyclic) bond motifs is 9. The van der Waals surface area contributed by atoms with Gasteiger partial charge in [0.25, 0.3) is 0 Å². The molecule has 0 aliphatic heterocycles. The van der Waals surface area contributed by atoms with Crippen LogP contribution in [0.5, 0.6) is 0 Å². The van der Waals surface area contributed by atoms with Crippen molar-refractivity contribution < 1.29 is 0 Å². The minimum Gasteiger partial charge on any atom is -0.310 e. The van der Waals surface area contributed by atoms with Gasteiger partial charge in [0.15, 0.2) is 0 Å². The van der Waals surface area contributed by atoms with Crippen molar-refractivity contribution in [2.45, 2.75) is 57.8 Å². The van der Waals surface area contributed by atoms with E-state index >= 15 is 0 Å². The van der Waals surface area contributed by atoms with Gasteiger partial charge in [-0.1, -0.05) is 224 Å². The lowest BCUT2D eigenvalue weighted by atomic mass is 9.82. The second-order valence-electron chi connectivity index (χ2n) is 23.0. The van der Waals surface area contributed by atoms with Crippen LogP contribution in [-0.4, -0.2) is 0 Å². The lowest BCUT2D eigenvalue weighted by Crippen LogP contribution is -2.18. The molecule has 0 atom stereocenters. The third kappa shape index (κ3) is 7.45. The fourth-order valence-electron chi connectivity index (χ4n) is 13.3. The summed E-state index contributed by atoms with van der Waals surface area (Å²) in [6.07, 6.45) is 0. The van der Waals surface area contributed by atoms with Crippen LogP contribution in [0.1, 0.15) is 74.9 Å². The summed E-state index contributed by atoms with van der Waals surface area (Å²) >= 11 is 0. The van der Waals surface area contributed by atoms with Gasteiger partial charge in [-0.25, -0.2) is 0 Å². The van der Waals surface area contributed by atoms with Gasteiger partial charge in [-0.15, -0.1) is 0 Å². The second kappa shape index (κ2) is 17.5. The molecule has 3 aliphatic rings. The van der Waals surface area contributed by atoms with Crippen LogP contribution in [0.2, 0.25) is 0 Å². The van der Waals surface area contributed by atoms with E-state index in [1.807, 2.05) is 0 Å². The van der Waals surface area contributed by atoms with Crippen LogP contribution in [0.15, 0.2) is 255 Å². The molecule has 0 bridgehead atoms. The monoisotopic (exact) mass is 988 g/mol. The number of hydrogen-bond donors (Lipinski definition) is 0. The highest BCUT2D eigenvalue weighted by Crippen LogP contribution is 2.54. The van der Waals surface area contributed by atoms with Gasteiger partial charge in [0.05, 0.1) is 0 Å². The van der Waals surface area contributed by atoms with Crippen molar-refractivity contribution >= 4 is 34.1 Å². The molecular formula is C75H60N2. The quantitative estimate of drug-likeness (QED) is 0.142. The number of para-hydroxylation sites is 1. The number of nitrogens with zero attached hydrogens (tertiary/aromatic N) is 2. The molecule has 0 unspecified atom stereocenters. The van der Waals surface area contributed by atoms with Gasteiger partial charge in [0, 0.05) is 50.4 Å². The zero-order valence-corrected chi connectivity index (χ0v) is 44.6. The van der Waals surface area contributed by atoms with Gasteiger partial charge in [-0.2, -0.15) is 0 Å². The average Bonchev–Trinajstić information content (AvgIpc) is 4.10. The molecule has 370 valence electrons. The van der Waals surface area contributed by atoms with Gasteiger partial charge in [-0.3, -0.25) is 0 Å². The van der Waals surface area contributed by atoms with E-state index in [0.29, 0.717) is 0 Å². The molecule has 0 spiro atoms. The van der Waals surface area contributed by atoms with E-state index in [-0.39, 0.29) is 16.2 Å². The summed E-state index contributed by atoms with van der Waals surface area (Å²) in [6.45, 7) is 14.2. The number of rotatable bonds is 9. The molecule has 0 saturated carbocycles. The smallest absolute Gasteiger partial charge is 0.0467 e. The van der Waals surface area contributed by atoms with Crippen molar-refractivity contribution in [3.63, 3.8) is 0 Å². The molecule has 14 rings (SSSR count). The number of benzene rings is 11. The molecule has 0 aromatic heterocycles. The lowest BCUT2D eigenvalue weighted by Gasteiger charge is -2.30. The molecule has 0 fully saturated rings. The minimum atomic E-state index is -0.121. The van der Waals surface area contributed by atoms with Crippen molar-refractivity contribution in [1.29, 1.82) is 0 Å². The predicted octanol–water partition coefficient (Wildman–Crippen LogP) is 20.5. The first-order valence-corrected chi connectivity index (χ1v) is 27.2. The molecule has 0 amide bonds. The fourth-order valence-corrected chi connectivity index (χ4v) is 13.3. The Hall–Kier alpha value is -8.98. The van der Waals surface area contributed by atoms with E-state index in [2.05, 4.69) is 306 Å². The summed E-state index contributed by atoms with van der Waals surface area (Å²) in [5.74, 6) is 0. The van der Waals surface area contributed by atoms with Crippen molar-refractivity contribution in [1.82, 2.24) is 0 Å². The van der Waals surface area contributed by atoms with Gasteiger partial charge < -0.3 is 9.80 Å². The van der Waals surface area contributed by atoms with E-state index in [9.17, 15) is 0 Å². The van der Waals surface area contributed by atoms with E-state index in [0.717, 1.165) is 34.1 Å². The molecule has 0 N–H and O–H groups in total. The predicted molar refractivity (Wildman–Crippen MR) is 325 cm³/mol. The largest absolute Gasteiger partial charge is 0.310 e. The standard InChI is InChI=1S/C75H60N2/c1-73(2)67-27-13-10-24-61(67)64-41-38-58(46-70(64)73)76(55-20-8-7-9-21-55)56-22-16-18-53(44-56)51-34-30-49(31-35-51)50-32-36-52(37-33-50)54-19-17-23-57(45-54)77(59-39-42-65-62-25-11-14-28-68(62)74(3,4)71(65)47-59)60-40-43-66-63-26-12-15-29-69(63)75(5,6)72(66)48-60/h7-48H,1-6H3. The van der Waals surface area contributed by atoms with Crippen LogP contribution in [0.4, 0.5) is 34.1 Å². The molecule has 0 heterocycles. The van der Waals surface area contributed by atoms with Crippen LogP contribution in [0.3, 0.4) is 0 Å². The lowest BCUT2D eigenvalue weighted by molar-refractivity contribution is 0.660. The normalized spacial score (nSPS) is 14.4. The molecule has 3 aliphatic carbocycles. The number of hydrogen-bond acceptors (Lipinski definition) is 2. The Labute approximate surface area is 454 Å². The minimum absolute atomic E-state index is 0.0907. The highest BCUT2D eigenvalue weighted by atomic mass is 15.1. The summed E-state index contributed by atoms with van der Waals surface area (Å²) in [5, 5.41) is 0. The van der Waals surface area contributed by atoms with Gasteiger partial charge in [0.2, 0.25) is 0 Å². The molecular weight excluding hydrogens is 929 g/mol. The van der Waals surface area contributed by atoms with Crippen LogP contribution < -0.4 is 9.80 Å². The topological polar surface area (TPSA) is 6.48 Å². The zero-order valence-electron chi connectivity index (χ0n) is 44.6. The second-order valence-corrected chi connectivity index (χ2v) is 23.0. The third-order valence-electron chi connectivity index (χ3n) is 17.5. The Morgan fingerprint density at radius 1 is 0.195 bits per heavy atom. The molecule has 0 saturated heterocycles. The van der Waals surface area contributed by atoms with Gasteiger partial charge >= 0.3 is 0 Å². The molecule has 2 nitrogen and oxygen atoms in total.